The molecular weight excluding hydrogens is 300 g/mol. The largest absolute Gasteiger partial charge is 0.496 e. The summed E-state index contributed by atoms with van der Waals surface area (Å²) in [5, 5.41) is 3.15. The van der Waals surface area contributed by atoms with Crippen LogP contribution in [0.25, 0.3) is 0 Å². The van der Waals surface area contributed by atoms with Crippen LogP contribution in [0.5, 0.6) is 5.75 Å². The zero-order chi connectivity index (χ0) is 17.4. The van der Waals surface area contributed by atoms with E-state index in [1.807, 2.05) is 42.6 Å². The molecule has 0 unspecified atom stereocenters. The van der Waals surface area contributed by atoms with Crippen molar-refractivity contribution in [1.29, 1.82) is 0 Å². The molecular formula is C20H26N2O2. The zero-order valence-electron chi connectivity index (χ0n) is 14.7. The van der Waals surface area contributed by atoms with Gasteiger partial charge >= 0.3 is 0 Å². The van der Waals surface area contributed by atoms with E-state index >= 15 is 0 Å². The van der Waals surface area contributed by atoms with Crippen LogP contribution in [0.2, 0.25) is 0 Å². The number of methoxy groups -OCH3 is 1. The first-order valence-electron chi connectivity index (χ1n) is 8.41. The first-order chi connectivity index (χ1) is 11.6. The van der Waals surface area contributed by atoms with Crippen molar-refractivity contribution in [2.45, 2.75) is 39.2 Å². The van der Waals surface area contributed by atoms with E-state index in [1.165, 1.54) is 0 Å². The quantitative estimate of drug-likeness (QED) is 0.800. The molecule has 4 nitrogen and oxygen atoms in total. The maximum Gasteiger partial charge on any atom is 0.220 e. The molecule has 128 valence electrons. The van der Waals surface area contributed by atoms with Gasteiger partial charge in [-0.3, -0.25) is 9.78 Å². The maximum absolute atomic E-state index is 12.4. The third kappa shape index (κ3) is 5.37. The number of aromatic nitrogens is 1. The second-order valence-electron chi connectivity index (χ2n) is 6.35. The molecule has 0 radical (unpaired) electrons. The lowest BCUT2D eigenvalue weighted by atomic mass is 9.98. The number of ether oxygens (including phenoxy) is 1. The highest BCUT2D eigenvalue weighted by atomic mass is 16.5. The minimum atomic E-state index is 0.00358. The summed E-state index contributed by atoms with van der Waals surface area (Å²) in [5.74, 6) is 1.37. The number of amides is 1. The van der Waals surface area contributed by atoms with Crippen LogP contribution in [-0.2, 0) is 11.2 Å². The normalized spacial score (nSPS) is 12.0. The molecule has 0 aliphatic heterocycles. The molecule has 1 aromatic carbocycles. The zero-order valence-corrected chi connectivity index (χ0v) is 14.7. The highest BCUT2D eigenvalue weighted by Crippen LogP contribution is 2.22. The molecule has 0 aliphatic carbocycles. The van der Waals surface area contributed by atoms with E-state index in [4.69, 9.17) is 4.74 Å². The van der Waals surface area contributed by atoms with Crippen LogP contribution in [0.4, 0.5) is 0 Å². The molecule has 0 saturated carbocycles. The van der Waals surface area contributed by atoms with Crippen LogP contribution < -0.4 is 10.1 Å². The molecule has 2 rings (SSSR count). The van der Waals surface area contributed by atoms with Gasteiger partial charge in [-0.25, -0.2) is 0 Å². The van der Waals surface area contributed by atoms with Crippen molar-refractivity contribution in [1.82, 2.24) is 10.3 Å². The standard InChI is InChI=1S/C20H26N2O2/c1-15(2)13-18(17-8-6-12-21-14-17)22-20(23)11-10-16-7-4-5-9-19(16)24-3/h4-9,12,14-15,18H,10-11,13H2,1-3H3,(H,22,23)/t18-/m0/s1. The van der Waals surface area contributed by atoms with E-state index in [1.54, 1.807) is 13.3 Å². The van der Waals surface area contributed by atoms with E-state index in [0.29, 0.717) is 18.8 Å². The number of benzene rings is 1. The molecule has 1 amide bonds. The van der Waals surface area contributed by atoms with Gasteiger partial charge in [0.15, 0.2) is 0 Å². The summed E-state index contributed by atoms with van der Waals surface area (Å²) in [7, 11) is 1.65. The Bertz CT molecular complexity index is 641. The predicted octanol–water partition coefficient (Wildman–Crippen LogP) is 3.93. The topological polar surface area (TPSA) is 51.2 Å². The number of hydrogen-bond acceptors (Lipinski definition) is 3. The van der Waals surface area contributed by atoms with Gasteiger partial charge in [-0.1, -0.05) is 38.1 Å². The Balaban J connectivity index is 1.97. The Morgan fingerprint density at radius 3 is 2.67 bits per heavy atom. The van der Waals surface area contributed by atoms with Crippen LogP contribution in [0.1, 0.15) is 43.9 Å². The van der Waals surface area contributed by atoms with Crippen molar-refractivity contribution in [3.63, 3.8) is 0 Å². The number of aryl methyl sites for hydroxylation is 1. The smallest absolute Gasteiger partial charge is 0.220 e. The van der Waals surface area contributed by atoms with E-state index in [9.17, 15) is 4.79 Å². The summed E-state index contributed by atoms with van der Waals surface area (Å²) in [5.41, 5.74) is 2.11. The molecule has 0 spiro atoms. The van der Waals surface area contributed by atoms with Crippen molar-refractivity contribution in [2.75, 3.05) is 7.11 Å². The fraction of sp³-hybridized carbons (Fsp3) is 0.400. The lowest BCUT2D eigenvalue weighted by Crippen LogP contribution is -2.29. The van der Waals surface area contributed by atoms with Gasteiger partial charge in [0.2, 0.25) is 5.91 Å². The number of para-hydroxylation sites is 1. The molecule has 1 heterocycles. The van der Waals surface area contributed by atoms with Crippen LogP contribution in [0.3, 0.4) is 0 Å². The van der Waals surface area contributed by atoms with Gasteiger partial charge < -0.3 is 10.1 Å². The maximum atomic E-state index is 12.4. The highest BCUT2D eigenvalue weighted by Gasteiger charge is 2.16. The van der Waals surface area contributed by atoms with Gasteiger partial charge in [0.1, 0.15) is 5.75 Å². The number of rotatable bonds is 8. The van der Waals surface area contributed by atoms with Gasteiger partial charge in [0, 0.05) is 18.8 Å². The minimum absolute atomic E-state index is 0.00358. The summed E-state index contributed by atoms with van der Waals surface area (Å²) < 4.78 is 5.34. The molecule has 0 saturated heterocycles. The van der Waals surface area contributed by atoms with E-state index in [-0.39, 0.29) is 11.9 Å². The molecule has 24 heavy (non-hydrogen) atoms. The number of carbonyl (C=O) groups excluding carboxylic acids is 1. The van der Waals surface area contributed by atoms with Gasteiger partial charge in [-0.2, -0.15) is 0 Å². The van der Waals surface area contributed by atoms with Gasteiger partial charge in [0.05, 0.1) is 13.2 Å². The van der Waals surface area contributed by atoms with Crippen LogP contribution in [0, 0.1) is 5.92 Å². The molecule has 0 bridgehead atoms. The molecule has 0 fully saturated rings. The third-order valence-electron chi connectivity index (χ3n) is 3.94. The lowest BCUT2D eigenvalue weighted by Gasteiger charge is -2.21. The van der Waals surface area contributed by atoms with Gasteiger partial charge in [-0.15, -0.1) is 0 Å². The lowest BCUT2D eigenvalue weighted by molar-refractivity contribution is -0.121. The van der Waals surface area contributed by atoms with E-state index in [2.05, 4.69) is 24.1 Å². The second kappa shape index (κ2) is 9.06. The van der Waals surface area contributed by atoms with E-state index in [0.717, 1.165) is 23.3 Å². The predicted molar refractivity (Wildman–Crippen MR) is 95.9 cm³/mol. The number of carbonyl (C=O) groups is 1. The molecule has 4 heteroatoms. The number of hydrogen-bond donors (Lipinski definition) is 1. The first kappa shape index (κ1) is 18.0. The Labute approximate surface area is 144 Å². The summed E-state index contributed by atoms with van der Waals surface area (Å²) >= 11 is 0. The Hall–Kier alpha value is -2.36. The Morgan fingerprint density at radius 1 is 1.21 bits per heavy atom. The van der Waals surface area contributed by atoms with Crippen LogP contribution in [-0.4, -0.2) is 18.0 Å². The molecule has 1 atom stereocenters. The van der Waals surface area contributed by atoms with Crippen molar-refractivity contribution < 1.29 is 9.53 Å². The Morgan fingerprint density at radius 2 is 2.00 bits per heavy atom. The average Bonchev–Trinajstić information content (AvgIpc) is 2.60. The minimum Gasteiger partial charge on any atom is -0.496 e. The summed E-state index contributed by atoms with van der Waals surface area (Å²) in [6, 6.07) is 11.7. The van der Waals surface area contributed by atoms with Gasteiger partial charge in [0.25, 0.3) is 0 Å². The average molecular weight is 326 g/mol. The summed E-state index contributed by atoms with van der Waals surface area (Å²) in [6.07, 6.45) is 5.57. The Kier molecular flexibility index (Phi) is 6.79. The van der Waals surface area contributed by atoms with Gasteiger partial charge in [-0.05, 0) is 42.0 Å². The fourth-order valence-electron chi connectivity index (χ4n) is 2.76. The fourth-order valence-corrected chi connectivity index (χ4v) is 2.76. The molecule has 0 aliphatic rings. The van der Waals surface area contributed by atoms with E-state index < -0.39 is 0 Å². The second-order valence-corrected chi connectivity index (χ2v) is 6.35. The molecule has 1 aromatic heterocycles. The number of nitrogens with zero attached hydrogens (tertiary/aromatic N) is 1. The van der Waals surface area contributed by atoms with Crippen molar-refractivity contribution in [3.05, 3.63) is 59.9 Å². The van der Waals surface area contributed by atoms with Crippen molar-refractivity contribution in [2.24, 2.45) is 5.92 Å². The monoisotopic (exact) mass is 326 g/mol. The third-order valence-corrected chi connectivity index (χ3v) is 3.94. The van der Waals surface area contributed by atoms with Crippen LogP contribution in [0.15, 0.2) is 48.8 Å². The summed E-state index contributed by atoms with van der Waals surface area (Å²) in [4.78, 5) is 16.6. The molecule has 2 aromatic rings. The van der Waals surface area contributed by atoms with Crippen molar-refractivity contribution in [3.8, 4) is 5.75 Å². The SMILES string of the molecule is COc1ccccc1CCC(=O)N[C@@H](CC(C)C)c1cccnc1. The summed E-state index contributed by atoms with van der Waals surface area (Å²) in [6.45, 7) is 4.31. The molecule has 1 N–H and O–H groups in total. The highest BCUT2D eigenvalue weighted by molar-refractivity contribution is 5.76. The van der Waals surface area contributed by atoms with Crippen LogP contribution >= 0.6 is 0 Å². The number of pyridine rings is 1. The van der Waals surface area contributed by atoms with Crippen molar-refractivity contribution >= 4 is 5.91 Å². The first-order valence-corrected chi connectivity index (χ1v) is 8.41. The number of nitrogens with one attached hydrogen (secondary N) is 1.